The maximum absolute atomic E-state index is 11.6. The molecule has 23 heavy (non-hydrogen) atoms. The number of hydrogen-bond acceptors (Lipinski definition) is 5. The predicted octanol–water partition coefficient (Wildman–Crippen LogP) is 2.78. The van der Waals surface area contributed by atoms with Gasteiger partial charge in [-0.2, -0.15) is 0 Å². The Morgan fingerprint density at radius 2 is 2.00 bits per heavy atom. The normalized spacial score (nSPS) is 11.7. The van der Waals surface area contributed by atoms with Gasteiger partial charge in [0.05, 0.1) is 15.9 Å². The molecule has 6 nitrogen and oxygen atoms in total. The maximum Gasteiger partial charge on any atom is 0.283 e. The highest BCUT2D eigenvalue weighted by atomic mass is 32.2. The number of carbonyl (C=O) groups excluding carboxylic acids is 1. The molecule has 2 aromatic carbocycles. The Morgan fingerprint density at radius 1 is 1.30 bits per heavy atom. The summed E-state index contributed by atoms with van der Waals surface area (Å²) in [4.78, 5) is 22.7. The summed E-state index contributed by atoms with van der Waals surface area (Å²) in [5, 5.41) is 23.8. The van der Waals surface area contributed by atoms with Gasteiger partial charge in [0.25, 0.3) is 11.6 Å². The summed E-state index contributed by atoms with van der Waals surface area (Å²) in [5.41, 5.74) is 0.841. The van der Waals surface area contributed by atoms with Crippen LogP contribution in [-0.2, 0) is 0 Å². The molecule has 1 atom stereocenters. The molecule has 1 unspecified atom stereocenters. The summed E-state index contributed by atoms with van der Waals surface area (Å²) in [6, 6.07) is 13.4. The van der Waals surface area contributed by atoms with Crippen molar-refractivity contribution in [3.8, 4) is 0 Å². The van der Waals surface area contributed by atoms with Crippen LogP contribution in [0, 0.1) is 10.1 Å². The molecule has 120 valence electrons. The fourth-order valence-electron chi connectivity index (χ4n) is 2.01. The van der Waals surface area contributed by atoms with E-state index in [2.05, 4.69) is 5.32 Å². The van der Waals surface area contributed by atoms with Crippen molar-refractivity contribution in [2.24, 2.45) is 0 Å². The van der Waals surface area contributed by atoms with Crippen LogP contribution < -0.4 is 5.32 Å². The molecule has 7 heteroatoms. The van der Waals surface area contributed by atoms with Crippen LogP contribution in [0.1, 0.15) is 22.0 Å². The second-order valence-corrected chi connectivity index (χ2v) is 5.82. The van der Waals surface area contributed by atoms with E-state index in [4.69, 9.17) is 0 Å². The van der Waals surface area contributed by atoms with E-state index in [1.54, 1.807) is 12.1 Å². The summed E-state index contributed by atoms with van der Waals surface area (Å²) in [5.74, 6) is -0.0987. The van der Waals surface area contributed by atoms with Crippen molar-refractivity contribution in [2.75, 3.05) is 12.8 Å². The van der Waals surface area contributed by atoms with Gasteiger partial charge in [-0.1, -0.05) is 30.3 Å². The fourth-order valence-corrected chi connectivity index (χ4v) is 2.98. The number of nitrogens with one attached hydrogen (secondary N) is 1. The molecule has 0 fully saturated rings. The standard InChI is InChI=1S/C16H16N2O4S/c1-17-16(20)12-7-8-15(13(9-12)18(21)22)23-10-14(19)11-5-3-2-4-6-11/h2-9,14,19H,10H2,1H3,(H,17,20). The second kappa shape index (κ2) is 7.75. The minimum atomic E-state index is -0.723. The highest BCUT2D eigenvalue weighted by Crippen LogP contribution is 2.32. The van der Waals surface area contributed by atoms with Crippen LogP contribution in [0.2, 0.25) is 0 Å². The van der Waals surface area contributed by atoms with Gasteiger partial charge in [0.2, 0.25) is 0 Å². The van der Waals surface area contributed by atoms with Crippen LogP contribution in [0.4, 0.5) is 5.69 Å². The Kier molecular flexibility index (Phi) is 5.72. The number of hydrogen-bond donors (Lipinski definition) is 2. The lowest BCUT2D eigenvalue weighted by atomic mass is 10.1. The van der Waals surface area contributed by atoms with E-state index in [1.807, 2.05) is 18.2 Å². The van der Waals surface area contributed by atoms with E-state index in [9.17, 15) is 20.0 Å². The van der Waals surface area contributed by atoms with Crippen molar-refractivity contribution in [1.82, 2.24) is 5.32 Å². The number of thioether (sulfide) groups is 1. The Bertz CT molecular complexity index is 706. The van der Waals surface area contributed by atoms with Crippen molar-refractivity contribution in [3.05, 3.63) is 69.8 Å². The molecule has 0 radical (unpaired) electrons. The first kappa shape index (κ1) is 17.0. The molecule has 0 saturated carbocycles. The molecule has 0 bridgehead atoms. The molecule has 0 aliphatic heterocycles. The number of aliphatic hydroxyl groups excluding tert-OH is 1. The maximum atomic E-state index is 11.6. The largest absolute Gasteiger partial charge is 0.388 e. The van der Waals surface area contributed by atoms with Crippen LogP contribution in [-0.4, -0.2) is 28.7 Å². The van der Waals surface area contributed by atoms with E-state index in [0.717, 1.165) is 5.56 Å². The molecule has 2 N–H and O–H groups in total. The SMILES string of the molecule is CNC(=O)c1ccc(SCC(O)c2ccccc2)c([N+](=O)[O-])c1. The Hall–Kier alpha value is -2.38. The third-order valence-electron chi connectivity index (χ3n) is 3.23. The zero-order valence-corrected chi connectivity index (χ0v) is 13.2. The zero-order chi connectivity index (χ0) is 16.8. The Morgan fingerprint density at radius 3 is 2.61 bits per heavy atom. The molecule has 0 aliphatic rings. The van der Waals surface area contributed by atoms with E-state index >= 15 is 0 Å². The summed E-state index contributed by atoms with van der Waals surface area (Å²) < 4.78 is 0. The lowest BCUT2D eigenvalue weighted by molar-refractivity contribution is -0.387. The number of nitro benzene ring substituents is 1. The summed E-state index contributed by atoms with van der Waals surface area (Å²) in [7, 11) is 1.47. The molecular formula is C16H16N2O4S. The van der Waals surface area contributed by atoms with Gasteiger partial charge in [0.15, 0.2) is 0 Å². The quantitative estimate of drug-likeness (QED) is 0.482. The molecular weight excluding hydrogens is 316 g/mol. The Balaban J connectivity index is 2.16. The molecule has 0 aliphatic carbocycles. The first-order valence-corrected chi connectivity index (χ1v) is 7.88. The molecule has 2 rings (SSSR count). The van der Waals surface area contributed by atoms with Crippen LogP contribution in [0.3, 0.4) is 0 Å². The fraction of sp³-hybridized carbons (Fsp3) is 0.188. The molecule has 0 aromatic heterocycles. The summed E-state index contributed by atoms with van der Waals surface area (Å²) in [6.45, 7) is 0. The van der Waals surface area contributed by atoms with Crippen LogP contribution in [0.25, 0.3) is 0 Å². The first-order valence-electron chi connectivity index (χ1n) is 6.89. The lowest BCUT2D eigenvalue weighted by Crippen LogP contribution is -2.17. The van der Waals surface area contributed by atoms with Gasteiger partial charge in [0, 0.05) is 24.4 Å². The van der Waals surface area contributed by atoms with Gasteiger partial charge in [0.1, 0.15) is 0 Å². The van der Waals surface area contributed by atoms with Gasteiger partial charge >= 0.3 is 0 Å². The summed E-state index contributed by atoms with van der Waals surface area (Å²) >= 11 is 1.18. The number of carbonyl (C=O) groups is 1. The van der Waals surface area contributed by atoms with E-state index in [0.29, 0.717) is 4.90 Å². The highest BCUT2D eigenvalue weighted by Gasteiger charge is 2.19. The smallest absolute Gasteiger partial charge is 0.283 e. The number of benzene rings is 2. The van der Waals surface area contributed by atoms with Crippen molar-refractivity contribution in [2.45, 2.75) is 11.0 Å². The second-order valence-electron chi connectivity index (χ2n) is 4.76. The third kappa shape index (κ3) is 4.30. The minimum Gasteiger partial charge on any atom is -0.388 e. The van der Waals surface area contributed by atoms with Crippen molar-refractivity contribution < 1.29 is 14.8 Å². The van der Waals surface area contributed by atoms with Gasteiger partial charge in [-0.25, -0.2) is 0 Å². The third-order valence-corrected chi connectivity index (χ3v) is 4.36. The number of rotatable bonds is 6. The average Bonchev–Trinajstić information content (AvgIpc) is 2.59. The Labute approximate surface area is 137 Å². The molecule has 0 spiro atoms. The van der Waals surface area contributed by atoms with E-state index in [-0.39, 0.29) is 22.9 Å². The monoisotopic (exact) mass is 332 g/mol. The topological polar surface area (TPSA) is 92.5 Å². The average molecular weight is 332 g/mol. The predicted molar refractivity (Wildman–Crippen MR) is 88.6 cm³/mol. The number of amides is 1. The van der Waals surface area contributed by atoms with Crippen molar-refractivity contribution in [3.63, 3.8) is 0 Å². The number of nitrogens with zero attached hydrogens (tertiary/aromatic N) is 1. The van der Waals surface area contributed by atoms with Gasteiger partial charge < -0.3 is 10.4 Å². The van der Waals surface area contributed by atoms with Gasteiger partial charge in [-0.15, -0.1) is 11.8 Å². The molecule has 0 heterocycles. The van der Waals surface area contributed by atoms with E-state index < -0.39 is 11.0 Å². The first-order chi connectivity index (χ1) is 11.0. The number of aliphatic hydroxyl groups is 1. The van der Waals surface area contributed by atoms with Crippen LogP contribution in [0.5, 0.6) is 0 Å². The molecule has 2 aromatic rings. The molecule has 0 saturated heterocycles. The van der Waals surface area contributed by atoms with Crippen LogP contribution >= 0.6 is 11.8 Å². The van der Waals surface area contributed by atoms with E-state index in [1.165, 1.54) is 37.0 Å². The lowest BCUT2D eigenvalue weighted by Gasteiger charge is -2.11. The van der Waals surface area contributed by atoms with Gasteiger partial charge in [-0.3, -0.25) is 14.9 Å². The number of nitro groups is 1. The summed E-state index contributed by atoms with van der Waals surface area (Å²) in [6.07, 6.45) is -0.723. The van der Waals surface area contributed by atoms with Crippen LogP contribution in [0.15, 0.2) is 53.4 Å². The van der Waals surface area contributed by atoms with Crippen molar-refractivity contribution >= 4 is 23.4 Å². The van der Waals surface area contributed by atoms with Crippen molar-refractivity contribution in [1.29, 1.82) is 0 Å². The minimum absolute atomic E-state index is 0.142. The van der Waals surface area contributed by atoms with Gasteiger partial charge in [-0.05, 0) is 17.7 Å². The zero-order valence-electron chi connectivity index (χ0n) is 12.4. The highest BCUT2D eigenvalue weighted by molar-refractivity contribution is 7.99. The molecule has 1 amide bonds.